The van der Waals surface area contributed by atoms with Crippen molar-refractivity contribution >= 4 is 42.9 Å². The van der Waals surface area contributed by atoms with Gasteiger partial charge in [0.25, 0.3) is 0 Å². The summed E-state index contributed by atoms with van der Waals surface area (Å²) >= 11 is 0. The second-order valence-corrected chi connectivity index (χ2v) is 5.53. The van der Waals surface area contributed by atoms with Crippen LogP contribution >= 0.6 is 0 Å². The maximum atomic E-state index is 11.6. The first kappa shape index (κ1) is 11.0. The van der Waals surface area contributed by atoms with E-state index < -0.39 is 5.97 Å². The molecular weight excluding hydrogens is 240 g/mol. The van der Waals surface area contributed by atoms with Crippen LogP contribution in [0.4, 0.5) is 0 Å². The first-order valence-electron chi connectivity index (χ1n) is 5.83. The normalized spacial score (nSPS) is 11.1. The van der Waals surface area contributed by atoms with Crippen molar-refractivity contribution < 1.29 is 9.90 Å². The van der Waals surface area contributed by atoms with Crippen LogP contribution in [0.3, 0.4) is 0 Å². The second kappa shape index (κ2) is 3.96. The van der Waals surface area contributed by atoms with Gasteiger partial charge >= 0.3 is 5.97 Å². The van der Waals surface area contributed by atoms with Gasteiger partial charge in [0.15, 0.2) is 0 Å². The Labute approximate surface area is 107 Å². The van der Waals surface area contributed by atoms with Crippen LogP contribution in [-0.2, 0) is 0 Å². The van der Waals surface area contributed by atoms with Gasteiger partial charge in [-0.3, -0.25) is 0 Å². The SMILES string of the molecule is O=C(O)c1c2ccccc2cc2cccc([SiH3])c12. The van der Waals surface area contributed by atoms with E-state index in [1.165, 1.54) is 0 Å². The topological polar surface area (TPSA) is 37.3 Å². The molecule has 3 rings (SSSR count). The molecule has 2 nitrogen and oxygen atoms in total. The lowest BCUT2D eigenvalue weighted by molar-refractivity contribution is 0.0701. The van der Waals surface area contributed by atoms with Crippen LogP contribution in [0.2, 0.25) is 0 Å². The number of benzene rings is 3. The van der Waals surface area contributed by atoms with E-state index in [4.69, 9.17) is 0 Å². The molecule has 0 radical (unpaired) electrons. The van der Waals surface area contributed by atoms with Crippen LogP contribution in [0.25, 0.3) is 21.5 Å². The Morgan fingerprint density at radius 1 is 1.00 bits per heavy atom. The van der Waals surface area contributed by atoms with Crippen LogP contribution in [0.1, 0.15) is 10.4 Å². The summed E-state index contributed by atoms with van der Waals surface area (Å²) in [6, 6.07) is 15.7. The van der Waals surface area contributed by atoms with Crippen LogP contribution in [-0.4, -0.2) is 21.3 Å². The van der Waals surface area contributed by atoms with Gasteiger partial charge in [-0.25, -0.2) is 4.79 Å². The molecule has 3 aromatic rings. The van der Waals surface area contributed by atoms with Crippen molar-refractivity contribution in [3.05, 3.63) is 54.1 Å². The molecule has 0 unspecified atom stereocenters. The fourth-order valence-corrected chi connectivity index (χ4v) is 3.26. The molecule has 0 aliphatic rings. The van der Waals surface area contributed by atoms with Crippen molar-refractivity contribution in [2.75, 3.05) is 0 Å². The summed E-state index contributed by atoms with van der Waals surface area (Å²) in [6.45, 7) is 0. The number of carboxylic acids is 1. The molecule has 0 saturated heterocycles. The largest absolute Gasteiger partial charge is 0.478 e. The Kier molecular flexibility index (Phi) is 2.42. The van der Waals surface area contributed by atoms with Crippen molar-refractivity contribution in [2.24, 2.45) is 0 Å². The Hall–Kier alpha value is -2.13. The minimum Gasteiger partial charge on any atom is -0.478 e. The predicted octanol–water partition coefficient (Wildman–Crippen LogP) is 1.68. The Balaban J connectivity index is 2.64. The van der Waals surface area contributed by atoms with Crippen LogP contribution in [0.5, 0.6) is 0 Å². The summed E-state index contributed by atoms with van der Waals surface area (Å²) in [6.07, 6.45) is 0. The maximum Gasteiger partial charge on any atom is 0.336 e. The lowest BCUT2D eigenvalue weighted by atomic mass is 9.97. The van der Waals surface area contributed by atoms with E-state index in [1.54, 1.807) is 0 Å². The minimum absolute atomic E-state index is 0.439. The van der Waals surface area contributed by atoms with Gasteiger partial charge in [0.1, 0.15) is 0 Å². The molecule has 1 N–H and O–H groups in total. The van der Waals surface area contributed by atoms with Gasteiger partial charge in [-0.05, 0) is 27.6 Å². The Bertz CT molecular complexity index is 778. The third-order valence-electron chi connectivity index (χ3n) is 3.31. The van der Waals surface area contributed by atoms with Gasteiger partial charge in [-0.1, -0.05) is 47.7 Å². The summed E-state index contributed by atoms with van der Waals surface area (Å²) in [4.78, 5) is 11.6. The molecule has 88 valence electrons. The van der Waals surface area contributed by atoms with Crippen molar-refractivity contribution in [1.82, 2.24) is 0 Å². The molecule has 0 saturated carbocycles. The quantitative estimate of drug-likeness (QED) is 0.528. The molecule has 18 heavy (non-hydrogen) atoms. The maximum absolute atomic E-state index is 11.6. The first-order chi connectivity index (χ1) is 8.68. The summed E-state index contributed by atoms with van der Waals surface area (Å²) in [5.74, 6) is -0.847. The van der Waals surface area contributed by atoms with E-state index in [0.717, 1.165) is 37.0 Å². The molecule has 3 heteroatoms. The molecule has 0 heterocycles. The highest BCUT2D eigenvalue weighted by molar-refractivity contribution is 6.41. The predicted molar refractivity (Wildman–Crippen MR) is 78.0 cm³/mol. The smallest absolute Gasteiger partial charge is 0.336 e. The number of hydrogen-bond donors (Lipinski definition) is 1. The van der Waals surface area contributed by atoms with Crippen molar-refractivity contribution in [2.45, 2.75) is 0 Å². The molecule has 0 bridgehead atoms. The number of rotatable bonds is 1. The highest BCUT2D eigenvalue weighted by atomic mass is 28.1. The highest BCUT2D eigenvalue weighted by Gasteiger charge is 2.14. The average Bonchev–Trinajstić information content (AvgIpc) is 2.36. The van der Waals surface area contributed by atoms with E-state index in [9.17, 15) is 9.90 Å². The summed E-state index contributed by atoms with van der Waals surface area (Å²) < 4.78 is 0. The second-order valence-electron chi connectivity index (χ2n) is 4.45. The summed E-state index contributed by atoms with van der Waals surface area (Å²) in [7, 11) is 0.844. The van der Waals surface area contributed by atoms with Gasteiger partial charge in [0.2, 0.25) is 0 Å². The monoisotopic (exact) mass is 252 g/mol. The third kappa shape index (κ3) is 1.52. The zero-order chi connectivity index (χ0) is 12.7. The van der Waals surface area contributed by atoms with Crippen molar-refractivity contribution in [1.29, 1.82) is 0 Å². The molecule has 0 spiro atoms. The van der Waals surface area contributed by atoms with E-state index in [1.807, 2.05) is 42.5 Å². The fraction of sp³-hybridized carbons (Fsp3) is 0. The highest BCUT2D eigenvalue weighted by Crippen LogP contribution is 2.27. The number of fused-ring (bicyclic) bond motifs is 2. The van der Waals surface area contributed by atoms with Gasteiger partial charge in [0.05, 0.1) is 5.56 Å². The average molecular weight is 252 g/mol. The standard InChI is InChI=1S/C15H12O2Si/c16-15(17)14-11-6-2-1-4-9(11)8-10-5-3-7-12(18)13(10)14/h1-8H,18H3,(H,16,17). The van der Waals surface area contributed by atoms with Crippen molar-refractivity contribution in [3.63, 3.8) is 0 Å². The van der Waals surface area contributed by atoms with E-state index in [2.05, 4.69) is 6.07 Å². The minimum atomic E-state index is -0.847. The lowest BCUT2D eigenvalue weighted by Crippen LogP contribution is -2.09. The first-order valence-corrected chi connectivity index (χ1v) is 6.83. The summed E-state index contributed by atoms with van der Waals surface area (Å²) in [5, 5.41) is 14.4. The molecule has 0 aromatic heterocycles. The van der Waals surface area contributed by atoms with Gasteiger partial charge in [0, 0.05) is 10.2 Å². The van der Waals surface area contributed by atoms with Gasteiger partial charge in [-0.15, -0.1) is 0 Å². The number of hydrogen-bond acceptors (Lipinski definition) is 1. The number of carbonyl (C=O) groups is 1. The zero-order valence-electron chi connectivity index (χ0n) is 9.97. The zero-order valence-corrected chi connectivity index (χ0v) is 12.0. The summed E-state index contributed by atoms with van der Waals surface area (Å²) in [5.41, 5.74) is 0.439. The fourth-order valence-electron chi connectivity index (χ4n) is 2.53. The number of carboxylic acid groups (broad SMARTS) is 1. The molecule has 0 aliphatic carbocycles. The lowest BCUT2D eigenvalue weighted by Gasteiger charge is -2.10. The van der Waals surface area contributed by atoms with E-state index in [-0.39, 0.29) is 0 Å². The van der Waals surface area contributed by atoms with Crippen molar-refractivity contribution in [3.8, 4) is 0 Å². The van der Waals surface area contributed by atoms with Crippen LogP contribution in [0, 0.1) is 0 Å². The van der Waals surface area contributed by atoms with Gasteiger partial charge < -0.3 is 5.11 Å². The van der Waals surface area contributed by atoms with Crippen LogP contribution < -0.4 is 5.19 Å². The number of aromatic carboxylic acids is 1. The molecule has 0 fully saturated rings. The Morgan fingerprint density at radius 3 is 2.50 bits per heavy atom. The molecule has 0 amide bonds. The molecular formula is C15H12O2Si. The Morgan fingerprint density at radius 2 is 1.72 bits per heavy atom. The third-order valence-corrected chi connectivity index (χ3v) is 4.14. The van der Waals surface area contributed by atoms with Crippen LogP contribution in [0.15, 0.2) is 48.5 Å². The molecule has 0 aliphatic heterocycles. The van der Waals surface area contributed by atoms with E-state index >= 15 is 0 Å². The van der Waals surface area contributed by atoms with Gasteiger partial charge in [-0.2, -0.15) is 0 Å². The van der Waals surface area contributed by atoms with E-state index in [0.29, 0.717) is 5.56 Å². The molecule has 0 atom stereocenters. The molecule has 3 aromatic carbocycles.